The summed E-state index contributed by atoms with van der Waals surface area (Å²) < 4.78 is 5.59. The van der Waals surface area contributed by atoms with Gasteiger partial charge in [0.05, 0.1) is 0 Å². The third kappa shape index (κ3) is 4.22. The van der Waals surface area contributed by atoms with Crippen molar-refractivity contribution in [3.8, 4) is 5.88 Å². The van der Waals surface area contributed by atoms with Crippen LogP contribution in [0.25, 0.3) is 0 Å². The van der Waals surface area contributed by atoms with Gasteiger partial charge in [-0.05, 0) is 24.5 Å². The van der Waals surface area contributed by atoms with Crippen molar-refractivity contribution in [3.63, 3.8) is 0 Å². The molecule has 3 heterocycles. The fourth-order valence-corrected chi connectivity index (χ4v) is 3.53. The lowest BCUT2D eigenvalue weighted by molar-refractivity contribution is -0.118. The molecule has 27 heavy (non-hydrogen) atoms. The summed E-state index contributed by atoms with van der Waals surface area (Å²) in [6.45, 7) is 3.39. The number of aryl methyl sites for hydroxylation is 1. The Morgan fingerprint density at radius 1 is 1.30 bits per heavy atom. The summed E-state index contributed by atoms with van der Waals surface area (Å²) in [4.78, 5) is 27.2. The van der Waals surface area contributed by atoms with Gasteiger partial charge in [0.1, 0.15) is 0 Å². The molecule has 138 valence electrons. The second-order valence-electron chi connectivity index (χ2n) is 6.26. The number of hydrogen-bond acceptors (Lipinski definition) is 7. The van der Waals surface area contributed by atoms with Crippen molar-refractivity contribution in [3.05, 3.63) is 58.7 Å². The Bertz CT molecular complexity index is 945. The fraction of sp³-hybridized carbons (Fsp3) is 0.263. The van der Waals surface area contributed by atoms with Gasteiger partial charge >= 0.3 is 0 Å². The van der Waals surface area contributed by atoms with Gasteiger partial charge in [-0.25, -0.2) is 9.97 Å². The van der Waals surface area contributed by atoms with E-state index in [1.54, 1.807) is 17.6 Å². The second-order valence-corrected chi connectivity index (χ2v) is 7.16. The van der Waals surface area contributed by atoms with Crippen LogP contribution in [0.2, 0.25) is 0 Å². The second kappa shape index (κ2) is 7.71. The zero-order valence-corrected chi connectivity index (χ0v) is 15.7. The largest absolute Gasteiger partial charge is 0.467 e. The molecule has 2 aromatic heterocycles. The van der Waals surface area contributed by atoms with Crippen molar-refractivity contribution in [2.45, 2.75) is 19.9 Å². The number of thiazole rings is 1. The van der Waals surface area contributed by atoms with Gasteiger partial charge in [0.2, 0.25) is 11.8 Å². The number of nitrogens with zero attached hydrogens (tertiary/aromatic N) is 4. The third-order valence-electron chi connectivity index (χ3n) is 4.26. The van der Waals surface area contributed by atoms with Crippen molar-refractivity contribution < 1.29 is 9.53 Å². The number of rotatable bonds is 5. The Labute approximate surface area is 161 Å². The molecule has 0 radical (unpaired) electrons. The van der Waals surface area contributed by atoms with Gasteiger partial charge in [-0.2, -0.15) is 4.98 Å². The minimum absolute atomic E-state index is 0.127. The highest BCUT2D eigenvalue weighted by atomic mass is 32.1. The summed E-state index contributed by atoms with van der Waals surface area (Å²) in [6, 6.07) is 10.2. The van der Waals surface area contributed by atoms with E-state index in [0.717, 1.165) is 25.2 Å². The summed E-state index contributed by atoms with van der Waals surface area (Å²) >= 11 is 1.36. The molecule has 8 heteroatoms. The SMILES string of the molecule is Cc1cc(OCC(=O)Nc2nccs2)nc(N2CCc3ccccc3C2)n1. The maximum absolute atomic E-state index is 12.0. The van der Waals surface area contributed by atoms with Gasteiger partial charge in [0.15, 0.2) is 11.7 Å². The molecule has 0 saturated carbocycles. The van der Waals surface area contributed by atoms with Crippen molar-refractivity contribution in [1.29, 1.82) is 0 Å². The Morgan fingerprint density at radius 3 is 2.96 bits per heavy atom. The van der Waals surface area contributed by atoms with Gasteiger partial charge in [-0.3, -0.25) is 10.1 Å². The highest BCUT2D eigenvalue weighted by molar-refractivity contribution is 7.13. The number of carbonyl (C=O) groups is 1. The zero-order chi connectivity index (χ0) is 18.6. The molecule has 1 N–H and O–H groups in total. The summed E-state index contributed by atoms with van der Waals surface area (Å²) in [5.41, 5.74) is 3.46. The van der Waals surface area contributed by atoms with E-state index in [1.165, 1.54) is 22.5 Å². The van der Waals surface area contributed by atoms with Crippen LogP contribution in [0, 0.1) is 6.92 Å². The lowest BCUT2D eigenvalue weighted by Crippen LogP contribution is -2.32. The number of anilines is 2. The van der Waals surface area contributed by atoms with Crippen molar-refractivity contribution in [2.24, 2.45) is 0 Å². The molecule has 1 aliphatic heterocycles. The molecular formula is C19H19N5O2S. The van der Waals surface area contributed by atoms with E-state index in [-0.39, 0.29) is 12.5 Å². The van der Waals surface area contributed by atoms with E-state index in [0.29, 0.717) is 17.0 Å². The molecule has 1 amide bonds. The molecule has 3 aromatic rings. The number of fused-ring (bicyclic) bond motifs is 1. The number of ether oxygens (including phenoxy) is 1. The Kier molecular flexibility index (Phi) is 4.97. The van der Waals surface area contributed by atoms with Crippen LogP contribution >= 0.6 is 11.3 Å². The Hall–Kier alpha value is -3.00. The maximum Gasteiger partial charge on any atom is 0.264 e. The van der Waals surface area contributed by atoms with Crippen molar-refractivity contribution >= 4 is 28.3 Å². The van der Waals surface area contributed by atoms with E-state index >= 15 is 0 Å². The van der Waals surface area contributed by atoms with Crippen LogP contribution in [0.15, 0.2) is 41.9 Å². The minimum Gasteiger partial charge on any atom is -0.467 e. The number of carbonyl (C=O) groups excluding carboxylic acids is 1. The molecule has 0 bridgehead atoms. The molecular weight excluding hydrogens is 362 g/mol. The quantitative estimate of drug-likeness (QED) is 0.732. The highest BCUT2D eigenvalue weighted by Gasteiger charge is 2.19. The highest BCUT2D eigenvalue weighted by Crippen LogP contribution is 2.23. The van der Waals surface area contributed by atoms with E-state index < -0.39 is 0 Å². The first-order chi connectivity index (χ1) is 13.2. The zero-order valence-electron chi connectivity index (χ0n) is 14.9. The monoisotopic (exact) mass is 381 g/mol. The lowest BCUT2D eigenvalue weighted by atomic mass is 10.0. The van der Waals surface area contributed by atoms with E-state index in [2.05, 4.69) is 49.4 Å². The third-order valence-corrected chi connectivity index (χ3v) is 4.95. The van der Waals surface area contributed by atoms with Gasteiger partial charge in [0.25, 0.3) is 5.91 Å². The smallest absolute Gasteiger partial charge is 0.264 e. The first-order valence-corrected chi connectivity index (χ1v) is 9.55. The Morgan fingerprint density at radius 2 is 2.15 bits per heavy atom. The van der Waals surface area contributed by atoms with Crippen LogP contribution in [-0.2, 0) is 17.8 Å². The van der Waals surface area contributed by atoms with Crippen LogP contribution in [0.4, 0.5) is 11.1 Å². The average molecular weight is 381 g/mol. The summed E-state index contributed by atoms with van der Waals surface area (Å²) in [6.07, 6.45) is 2.60. The van der Waals surface area contributed by atoms with Crippen LogP contribution < -0.4 is 15.0 Å². The molecule has 0 saturated heterocycles. The lowest BCUT2D eigenvalue weighted by Gasteiger charge is -2.29. The summed E-state index contributed by atoms with van der Waals surface area (Å²) in [5, 5.41) is 5.04. The summed E-state index contributed by atoms with van der Waals surface area (Å²) in [7, 11) is 0. The number of nitrogens with one attached hydrogen (secondary N) is 1. The maximum atomic E-state index is 12.0. The van der Waals surface area contributed by atoms with E-state index in [4.69, 9.17) is 4.74 Å². The summed E-state index contributed by atoms with van der Waals surface area (Å²) in [5.74, 6) is 0.750. The molecule has 0 fully saturated rings. The molecule has 0 spiro atoms. The number of benzene rings is 1. The first kappa shape index (κ1) is 17.4. The fourth-order valence-electron chi connectivity index (χ4n) is 2.99. The normalized spacial score (nSPS) is 13.1. The molecule has 4 rings (SSSR count). The van der Waals surface area contributed by atoms with Gasteiger partial charge in [-0.15, -0.1) is 11.3 Å². The van der Waals surface area contributed by atoms with Gasteiger partial charge in [-0.1, -0.05) is 24.3 Å². The number of amides is 1. The van der Waals surface area contributed by atoms with Crippen LogP contribution in [-0.4, -0.2) is 34.0 Å². The van der Waals surface area contributed by atoms with Crippen LogP contribution in [0.1, 0.15) is 16.8 Å². The molecule has 0 atom stereocenters. The van der Waals surface area contributed by atoms with Gasteiger partial charge in [0, 0.05) is 36.4 Å². The van der Waals surface area contributed by atoms with Gasteiger partial charge < -0.3 is 9.64 Å². The topological polar surface area (TPSA) is 80.2 Å². The van der Waals surface area contributed by atoms with Crippen molar-refractivity contribution in [2.75, 3.05) is 23.4 Å². The molecule has 1 aliphatic rings. The average Bonchev–Trinajstić information content (AvgIpc) is 3.18. The predicted octanol–water partition coefficient (Wildman–Crippen LogP) is 2.82. The first-order valence-electron chi connectivity index (χ1n) is 8.67. The molecule has 0 unspecified atom stereocenters. The standard InChI is InChI=1S/C19H19N5O2S/c1-13-10-17(26-12-16(25)22-19-20-7-9-27-19)23-18(21-13)24-8-6-14-4-2-3-5-15(14)11-24/h2-5,7,9-10H,6,8,11-12H2,1H3,(H,20,22,25). The van der Waals surface area contributed by atoms with E-state index in [9.17, 15) is 4.79 Å². The molecule has 1 aromatic carbocycles. The molecule has 0 aliphatic carbocycles. The van der Waals surface area contributed by atoms with Crippen LogP contribution in [0.3, 0.4) is 0 Å². The predicted molar refractivity (Wildman–Crippen MR) is 104 cm³/mol. The number of aromatic nitrogens is 3. The minimum atomic E-state index is -0.269. The van der Waals surface area contributed by atoms with E-state index in [1.807, 2.05) is 6.92 Å². The van der Waals surface area contributed by atoms with Crippen LogP contribution in [0.5, 0.6) is 5.88 Å². The van der Waals surface area contributed by atoms with Crippen molar-refractivity contribution in [1.82, 2.24) is 15.0 Å². The Balaban J connectivity index is 1.43. The molecule has 7 nitrogen and oxygen atoms in total. The number of hydrogen-bond donors (Lipinski definition) is 1.